The number of imide groups is 1. The molecule has 0 saturated carbocycles. The lowest BCUT2D eigenvalue weighted by Gasteiger charge is -2.25. The highest BCUT2D eigenvalue weighted by Gasteiger charge is 2.35. The Kier molecular flexibility index (Phi) is 6.10. The first kappa shape index (κ1) is 21.0. The van der Waals surface area contributed by atoms with E-state index in [-0.39, 0.29) is 22.4 Å². The fourth-order valence-corrected chi connectivity index (χ4v) is 6.48. The zero-order chi connectivity index (χ0) is 21.9. The number of nitrogens with zero attached hydrogens (tertiary/aromatic N) is 2. The van der Waals surface area contributed by atoms with Crippen LogP contribution in [0.4, 0.5) is 5.00 Å². The molecular weight excluding hydrogens is 438 g/mol. The number of carbonyl (C=O) groups is 2. The minimum atomic E-state index is -0.293. The molecule has 0 spiro atoms. The molecule has 2 atom stereocenters. The van der Waals surface area contributed by atoms with E-state index in [1.165, 1.54) is 15.3 Å². The SMILES string of the molecule is O=C(c1ccccc1)N1CCCCC(SC2N=CNc3sc(-c4ccccc4)cc32)C1=O. The summed E-state index contributed by atoms with van der Waals surface area (Å²) in [6.45, 7) is 0.473. The summed E-state index contributed by atoms with van der Waals surface area (Å²) in [5.74, 6) is -0.311. The van der Waals surface area contributed by atoms with Crippen LogP contribution in [-0.4, -0.2) is 34.8 Å². The van der Waals surface area contributed by atoms with Gasteiger partial charge in [0.25, 0.3) is 5.91 Å². The average molecular weight is 462 g/mol. The van der Waals surface area contributed by atoms with Crippen molar-refractivity contribution in [3.8, 4) is 10.4 Å². The molecule has 32 heavy (non-hydrogen) atoms. The first-order chi connectivity index (χ1) is 15.7. The lowest BCUT2D eigenvalue weighted by molar-refractivity contribution is -0.127. The molecule has 162 valence electrons. The molecule has 2 aliphatic heterocycles. The van der Waals surface area contributed by atoms with Gasteiger partial charge in [-0.1, -0.05) is 55.0 Å². The second-order valence-electron chi connectivity index (χ2n) is 7.82. The number of anilines is 1. The van der Waals surface area contributed by atoms with Gasteiger partial charge in [-0.2, -0.15) is 0 Å². The van der Waals surface area contributed by atoms with E-state index in [9.17, 15) is 9.59 Å². The summed E-state index contributed by atoms with van der Waals surface area (Å²) in [4.78, 5) is 33.7. The zero-order valence-electron chi connectivity index (χ0n) is 17.4. The molecule has 7 heteroatoms. The predicted octanol–water partition coefficient (Wildman–Crippen LogP) is 5.82. The van der Waals surface area contributed by atoms with E-state index < -0.39 is 0 Å². The van der Waals surface area contributed by atoms with Crippen molar-refractivity contribution in [2.24, 2.45) is 4.99 Å². The molecule has 2 amide bonds. The Morgan fingerprint density at radius 3 is 2.59 bits per heavy atom. The number of likely N-dealkylation sites (tertiary alicyclic amines) is 1. The van der Waals surface area contributed by atoms with Crippen LogP contribution in [-0.2, 0) is 4.79 Å². The molecule has 0 radical (unpaired) electrons. The fourth-order valence-electron chi connectivity index (χ4n) is 4.03. The summed E-state index contributed by atoms with van der Waals surface area (Å²) < 4.78 is 0. The number of hydrogen-bond donors (Lipinski definition) is 1. The van der Waals surface area contributed by atoms with Gasteiger partial charge in [-0.25, -0.2) is 0 Å². The van der Waals surface area contributed by atoms with Crippen LogP contribution in [0.25, 0.3) is 10.4 Å². The molecule has 2 aromatic carbocycles. The Morgan fingerprint density at radius 1 is 1.06 bits per heavy atom. The van der Waals surface area contributed by atoms with Crippen LogP contribution in [0.3, 0.4) is 0 Å². The molecule has 1 fully saturated rings. The van der Waals surface area contributed by atoms with Crippen molar-refractivity contribution in [3.63, 3.8) is 0 Å². The minimum absolute atomic E-state index is 0.102. The number of thioether (sulfide) groups is 1. The third-order valence-electron chi connectivity index (χ3n) is 5.69. The molecule has 2 aliphatic rings. The molecule has 1 aromatic heterocycles. The topological polar surface area (TPSA) is 61.8 Å². The van der Waals surface area contributed by atoms with Crippen molar-refractivity contribution in [3.05, 3.63) is 77.9 Å². The second kappa shape index (κ2) is 9.30. The van der Waals surface area contributed by atoms with Gasteiger partial charge in [0, 0.05) is 22.5 Å². The lowest BCUT2D eigenvalue weighted by atomic mass is 10.1. The Hall–Kier alpha value is -2.90. The monoisotopic (exact) mass is 461 g/mol. The van der Waals surface area contributed by atoms with Crippen LogP contribution in [0.1, 0.15) is 40.6 Å². The number of aliphatic imine (C=N–C) groups is 1. The van der Waals surface area contributed by atoms with Crippen molar-refractivity contribution in [2.75, 3.05) is 11.9 Å². The lowest BCUT2D eigenvalue weighted by Crippen LogP contribution is -2.41. The zero-order valence-corrected chi connectivity index (χ0v) is 19.1. The maximum atomic E-state index is 13.4. The van der Waals surface area contributed by atoms with Crippen LogP contribution in [0.5, 0.6) is 0 Å². The maximum Gasteiger partial charge on any atom is 0.260 e. The Bertz CT molecular complexity index is 1140. The molecule has 2 unspecified atom stereocenters. The fraction of sp³-hybridized carbons (Fsp3) is 0.240. The standard InChI is InChI=1S/C25H23N3O2S2/c29-24(18-11-5-2-6-12-18)28-14-8-7-13-20(25(28)30)31-22-19-15-21(17-9-3-1-4-10-17)32-23(19)27-16-26-22/h1-6,9-12,15-16,20,22H,7-8,13-14H2,(H,26,27). The molecule has 0 aliphatic carbocycles. The molecule has 5 nitrogen and oxygen atoms in total. The van der Waals surface area contributed by atoms with Crippen molar-refractivity contribution in [1.82, 2.24) is 4.90 Å². The van der Waals surface area contributed by atoms with Crippen molar-refractivity contribution in [1.29, 1.82) is 0 Å². The molecule has 1 N–H and O–H groups in total. The largest absolute Gasteiger partial charge is 0.338 e. The number of nitrogens with one attached hydrogen (secondary N) is 1. The maximum absolute atomic E-state index is 13.4. The number of rotatable bonds is 4. The smallest absolute Gasteiger partial charge is 0.260 e. The van der Waals surface area contributed by atoms with Gasteiger partial charge in [-0.15, -0.1) is 23.1 Å². The first-order valence-corrected chi connectivity index (χ1v) is 12.5. The number of thiophene rings is 1. The Labute approximate surface area is 195 Å². The van der Waals surface area contributed by atoms with Crippen LogP contribution >= 0.6 is 23.1 Å². The molecule has 3 heterocycles. The third-order valence-corrected chi connectivity index (χ3v) is 8.22. The molecule has 3 aromatic rings. The highest BCUT2D eigenvalue weighted by Crippen LogP contribution is 2.47. The van der Waals surface area contributed by atoms with Gasteiger partial charge in [0.1, 0.15) is 10.4 Å². The number of benzene rings is 2. The third kappa shape index (κ3) is 4.23. The molecular formula is C25H23N3O2S2. The van der Waals surface area contributed by atoms with E-state index in [1.54, 1.807) is 41.6 Å². The molecule has 0 bridgehead atoms. The Morgan fingerprint density at radius 2 is 1.81 bits per heavy atom. The van der Waals surface area contributed by atoms with Gasteiger partial charge in [0.15, 0.2) is 0 Å². The van der Waals surface area contributed by atoms with Gasteiger partial charge in [0.05, 0.1) is 11.6 Å². The van der Waals surface area contributed by atoms with Crippen LogP contribution in [0.15, 0.2) is 71.7 Å². The van der Waals surface area contributed by atoms with Crippen molar-refractivity contribution in [2.45, 2.75) is 29.9 Å². The van der Waals surface area contributed by atoms with Crippen LogP contribution in [0, 0.1) is 0 Å². The summed E-state index contributed by atoms with van der Waals surface area (Å²) in [6.07, 6.45) is 4.23. The van der Waals surface area contributed by atoms with E-state index in [1.807, 2.05) is 36.4 Å². The summed E-state index contributed by atoms with van der Waals surface area (Å²) in [6, 6.07) is 21.5. The van der Waals surface area contributed by atoms with Gasteiger partial charge >= 0.3 is 0 Å². The van der Waals surface area contributed by atoms with E-state index >= 15 is 0 Å². The highest BCUT2D eigenvalue weighted by atomic mass is 32.2. The van der Waals surface area contributed by atoms with Crippen molar-refractivity contribution < 1.29 is 9.59 Å². The number of fused-ring (bicyclic) bond motifs is 1. The summed E-state index contributed by atoms with van der Waals surface area (Å²) in [7, 11) is 0. The van der Waals surface area contributed by atoms with Crippen LogP contribution < -0.4 is 5.32 Å². The number of carbonyl (C=O) groups excluding carboxylic acids is 2. The number of hydrogen-bond acceptors (Lipinski definition) is 6. The van der Waals surface area contributed by atoms with Gasteiger partial charge in [0.2, 0.25) is 5.91 Å². The van der Waals surface area contributed by atoms with Gasteiger partial charge in [-0.05, 0) is 36.6 Å². The first-order valence-electron chi connectivity index (χ1n) is 10.7. The van der Waals surface area contributed by atoms with E-state index in [0.29, 0.717) is 12.1 Å². The molecule has 5 rings (SSSR count). The Balaban J connectivity index is 1.37. The average Bonchev–Trinajstić information content (AvgIpc) is 3.21. The molecule has 1 saturated heterocycles. The van der Waals surface area contributed by atoms with Crippen molar-refractivity contribution >= 4 is 46.3 Å². The second-order valence-corrected chi connectivity index (χ2v) is 10.2. The summed E-state index contributed by atoms with van der Waals surface area (Å²) in [5.41, 5.74) is 2.82. The van der Waals surface area contributed by atoms with E-state index in [4.69, 9.17) is 0 Å². The van der Waals surface area contributed by atoms with E-state index in [2.05, 4.69) is 28.5 Å². The quantitative estimate of drug-likeness (QED) is 0.497. The van der Waals surface area contributed by atoms with Gasteiger partial charge in [-0.3, -0.25) is 19.5 Å². The van der Waals surface area contributed by atoms with Gasteiger partial charge < -0.3 is 5.32 Å². The summed E-state index contributed by atoms with van der Waals surface area (Å²) in [5, 5.41) is 3.86. The van der Waals surface area contributed by atoms with E-state index in [0.717, 1.165) is 29.8 Å². The normalized spacial score (nSPS) is 20.4. The van der Waals surface area contributed by atoms with Crippen LogP contribution in [0.2, 0.25) is 0 Å². The highest BCUT2D eigenvalue weighted by molar-refractivity contribution is 8.00. The number of amides is 2. The summed E-state index contributed by atoms with van der Waals surface area (Å²) >= 11 is 3.25. The minimum Gasteiger partial charge on any atom is -0.338 e. The predicted molar refractivity (Wildman–Crippen MR) is 132 cm³/mol.